The molecular weight excluding hydrogens is 444 g/mol. The van der Waals surface area contributed by atoms with Gasteiger partial charge in [-0.3, -0.25) is 14.4 Å². The molecule has 2 aromatic carbocycles. The molecule has 33 heavy (non-hydrogen) atoms. The number of carboxylic acid groups (broad SMARTS) is 1. The number of halogens is 1. The average Bonchev–Trinajstić information content (AvgIpc) is 3.18. The van der Waals surface area contributed by atoms with Crippen molar-refractivity contribution in [1.29, 1.82) is 0 Å². The minimum absolute atomic E-state index is 0.0563. The Labute approximate surface area is 196 Å². The van der Waals surface area contributed by atoms with Gasteiger partial charge in [0, 0.05) is 35.6 Å². The number of nitrogens with zero attached hydrogens (tertiary/aromatic N) is 2. The number of rotatable bonds is 8. The summed E-state index contributed by atoms with van der Waals surface area (Å²) in [6.07, 6.45) is 2.06. The van der Waals surface area contributed by atoms with Crippen molar-refractivity contribution in [2.75, 3.05) is 13.1 Å². The predicted molar refractivity (Wildman–Crippen MR) is 124 cm³/mol. The van der Waals surface area contributed by atoms with Gasteiger partial charge in [0.2, 0.25) is 11.8 Å². The van der Waals surface area contributed by atoms with Crippen LogP contribution in [0.1, 0.15) is 30.9 Å². The van der Waals surface area contributed by atoms with E-state index >= 15 is 0 Å². The zero-order valence-electron chi connectivity index (χ0n) is 18.3. The molecule has 1 saturated heterocycles. The molecule has 2 heterocycles. The van der Waals surface area contributed by atoms with Gasteiger partial charge in [-0.25, -0.2) is 0 Å². The lowest BCUT2D eigenvalue weighted by Crippen LogP contribution is -2.68. The van der Waals surface area contributed by atoms with Crippen LogP contribution in [0.4, 0.5) is 0 Å². The molecular formula is C25H25ClN2O5. The SMILES string of the molecule is CC1(C(=O)N(CCC(=O)O)Cc2ccc(Cl)cc2)CCN1C(=O)Cc1coc2ccccc12. The fourth-order valence-corrected chi connectivity index (χ4v) is 4.37. The molecule has 0 radical (unpaired) electrons. The van der Waals surface area contributed by atoms with E-state index in [9.17, 15) is 14.4 Å². The van der Waals surface area contributed by atoms with E-state index < -0.39 is 11.5 Å². The van der Waals surface area contributed by atoms with E-state index in [1.165, 1.54) is 4.90 Å². The third-order valence-corrected chi connectivity index (χ3v) is 6.50. The maximum absolute atomic E-state index is 13.6. The first-order valence-corrected chi connectivity index (χ1v) is 11.2. The van der Waals surface area contributed by atoms with Crippen molar-refractivity contribution in [3.05, 3.63) is 70.9 Å². The Morgan fingerprint density at radius 3 is 2.55 bits per heavy atom. The van der Waals surface area contributed by atoms with Gasteiger partial charge in [-0.2, -0.15) is 0 Å². The normalized spacial score (nSPS) is 17.6. The van der Waals surface area contributed by atoms with Crippen molar-refractivity contribution in [2.45, 2.75) is 38.3 Å². The van der Waals surface area contributed by atoms with Crippen LogP contribution in [0.15, 0.2) is 59.2 Å². The lowest BCUT2D eigenvalue weighted by atomic mass is 9.84. The monoisotopic (exact) mass is 468 g/mol. The Bertz CT molecular complexity index is 1190. The number of carboxylic acids is 1. The van der Waals surface area contributed by atoms with Gasteiger partial charge in [-0.05, 0) is 37.1 Å². The zero-order valence-corrected chi connectivity index (χ0v) is 19.0. The van der Waals surface area contributed by atoms with E-state index in [0.717, 1.165) is 16.5 Å². The quantitative estimate of drug-likeness (QED) is 0.537. The number of fused-ring (bicyclic) bond motifs is 1. The van der Waals surface area contributed by atoms with Crippen LogP contribution in [0, 0.1) is 0 Å². The van der Waals surface area contributed by atoms with Crippen molar-refractivity contribution in [2.24, 2.45) is 0 Å². The number of hydrogen-bond donors (Lipinski definition) is 1. The number of furan rings is 1. The second-order valence-electron chi connectivity index (χ2n) is 8.50. The van der Waals surface area contributed by atoms with Gasteiger partial charge < -0.3 is 19.3 Å². The summed E-state index contributed by atoms with van der Waals surface area (Å²) in [5.74, 6) is -1.40. The Kier molecular flexibility index (Phi) is 6.42. The molecule has 0 saturated carbocycles. The Hall–Kier alpha value is -3.32. The summed E-state index contributed by atoms with van der Waals surface area (Å²) in [6, 6.07) is 14.6. The van der Waals surface area contributed by atoms with Gasteiger partial charge in [-0.15, -0.1) is 0 Å². The van der Waals surface area contributed by atoms with Crippen molar-refractivity contribution in [3.63, 3.8) is 0 Å². The van der Waals surface area contributed by atoms with Crippen molar-refractivity contribution < 1.29 is 23.9 Å². The highest BCUT2D eigenvalue weighted by molar-refractivity contribution is 6.30. The topological polar surface area (TPSA) is 91.1 Å². The number of aliphatic carboxylic acids is 1. The third-order valence-electron chi connectivity index (χ3n) is 6.25. The van der Waals surface area contributed by atoms with Crippen LogP contribution in [0.3, 0.4) is 0 Å². The van der Waals surface area contributed by atoms with Crippen molar-refractivity contribution >= 4 is 40.4 Å². The maximum atomic E-state index is 13.6. The van der Waals surface area contributed by atoms with E-state index in [2.05, 4.69) is 0 Å². The van der Waals surface area contributed by atoms with Crippen LogP contribution in [-0.2, 0) is 27.3 Å². The van der Waals surface area contributed by atoms with Crippen LogP contribution in [0.5, 0.6) is 0 Å². The second kappa shape index (κ2) is 9.27. The highest BCUT2D eigenvalue weighted by Crippen LogP contribution is 2.34. The lowest BCUT2D eigenvalue weighted by molar-refractivity contribution is -0.164. The number of carbonyl (C=O) groups excluding carboxylic acids is 2. The van der Waals surface area contributed by atoms with Crippen LogP contribution in [0.2, 0.25) is 5.02 Å². The van der Waals surface area contributed by atoms with Crippen molar-refractivity contribution in [1.82, 2.24) is 9.80 Å². The molecule has 0 bridgehead atoms. The molecule has 1 aliphatic rings. The maximum Gasteiger partial charge on any atom is 0.305 e. The van der Waals surface area contributed by atoms with E-state index in [0.29, 0.717) is 23.6 Å². The average molecular weight is 469 g/mol. The Morgan fingerprint density at radius 2 is 1.88 bits per heavy atom. The second-order valence-corrected chi connectivity index (χ2v) is 8.94. The predicted octanol–water partition coefficient (Wildman–Crippen LogP) is 4.12. The smallest absolute Gasteiger partial charge is 0.305 e. The van der Waals surface area contributed by atoms with Gasteiger partial charge in [0.25, 0.3) is 0 Å². The van der Waals surface area contributed by atoms with Gasteiger partial charge >= 0.3 is 5.97 Å². The molecule has 3 aromatic rings. The number of carbonyl (C=O) groups is 3. The molecule has 1 aliphatic heterocycles. The summed E-state index contributed by atoms with van der Waals surface area (Å²) >= 11 is 5.96. The fourth-order valence-electron chi connectivity index (χ4n) is 4.24. The summed E-state index contributed by atoms with van der Waals surface area (Å²) in [7, 11) is 0. The van der Waals surface area contributed by atoms with Gasteiger partial charge in [0.15, 0.2) is 0 Å². The molecule has 1 atom stereocenters. The summed E-state index contributed by atoms with van der Waals surface area (Å²) < 4.78 is 5.54. The lowest BCUT2D eigenvalue weighted by Gasteiger charge is -2.51. The highest BCUT2D eigenvalue weighted by atomic mass is 35.5. The molecule has 4 rings (SSSR count). The largest absolute Gasteiger partial charge is 0.481 e. The first-order valence-electron chi connectivity index (χ1n) is 10.8. The van der Waals surface area contributed by atoms with Crippen LogP contribution < -0.4 is 0 Å². The number of likely N-dealkylation sites (tertiary alicyclic amines) is 1. The molecule has 7 nitrogen and oxygen atoms in total. The fraction of sp³-hybridized carbons (Fsp3) is 0.320. The summed E-state index contributed by atoms with van der Waals surface area (Å²) in [6.45, 7) is 2.53. The Morgan fingerprint density at radius 1 is 1.15 bits per heavy atom. The first-order chi connectivity index (χ1) is 15.8. The van der Waals surface area contributed by atoms with Gasteiger partial charge in [-0.1, -0.05) is 41.9 Å². The van der Waals surface area contributed by atoms with E-state index in [1.54, 1.807) is 42.4 Å². The molecule has 0 spiro atoms. The van der Waals surface area contributed by atoms with Crippen molar-refractivity contribution in [3.8, 4) is 0 Å². The number of amides is 2. The molecule has 172 valence electrons. The zero-order chi connectivity index (χ0) is 23.6. The number of hydrogen-bond acceptors (Lipinski definition) is 4. The number of benzene rings is 2. The summed E-state index contributed by atoms with van der Waals surface area (Å²) in [5, 5.41) is 10.6. The van der Waals surface area contributed by atoms with Crippen LogP contribution in [-0.4, -0.2) is 51.3 Å². The summed E-state index contributed by atoms with van der Waals surface area (Å²) in [5.41, 5.74) is 1.32. The van der Waals surface area contributed by atoms with Crippen LogP contribution >= 0.6 is 11.6 Å². The molecule has 1 N–H and O–H groups in total. The molecule has 1 fully saturated rings. The van der Waals surface area contributed by atoms with Gasteiger partial charge in [0.1, 0.15) is 11.1 Å². The Balaban J connectivity index is 1.51. The molecule has 1 aromatic heterocycles. The molecule has 2 amide bonds. The molecule has 8 heteroatoms. The molecule has 0 aliphatic carbocycles. The molecule has 1 unspecified atom stereocenters. The van der Waals surface area contributed by atoms with E-state index in [1.807, 2.05) is 24.3 Å². The highest BCUT2D eigenvalue weighted by Gasteiger charge is 2.50. The van der Waals surface area contributed by atoms with Crippen LogP contribution in [0.25, 0.3) is 11.0 Å². The van der Waals surface area contributed by atoms with E-state index in [4.69, 9.17) is 21.1 Å². The standard InChI is InChI=1S/C25H25ClN2O5/c1-25(24(32)27(12-10-23(30)31)15-17-6-8-19(26)9-7-17)11-13-28(25)22(29)14-18-16-33-21-5-3-2-4-20(18)21/h2-9,16H,10-15H2,1H3,(H,30,31). The van der Waals surface area contributed by atoms with Gasteiger partial charge in [0.05, 0.1) is 19.1 Å². The summed E-state index contributed by atoms with van der Waals surface area (Å²) in [4.78, 5) is 41.0. The minimum atomic E-state index is -1.01. The third kappa shape index (κ3) is 4.73. The minimum Gasteiger partial charge on any atom is -0.481 e. The van der Waals surface area contributed by atoms with E-state index in [-0.39, 0.29) is 37.7 Å². The first kappa shape index (κ1) is 22.9. The number of para-hydroxylation sites is 1.